The molecule has 114 valence electrons. The second kappa shape index (κ2) is 6.67. The summed E-state index contributed by atoms with van der Waals surface area (Å²) in [5.74, 6) is -0.543. The molecule has 2 rings (SSSR count). The van der Waals surface area contributed by atoms with Gasteiger partial charge in [-0.05, 0) is 17.7 Å². The van der Waals surface area contributed by atoms with Crippen LogP contribution in [-0.4, -0.2) is 39.7 Å². The van der Waals surface area contributed by atoms with E-state index in [2.05, 4.69) is 10.1 Å². The zero-order valence-corrected chi connectivity index (χ0v) is 12.2. The second-order valence-electron chi connectivity index (χ2n) is 4.60. The highest BCUT2D eigenvalue weighted by atomic mass is 19.1. The number of rotatable bonds is 5. The monoisotopic (exact) mass is 303 g/mol. The highest BCUT2D eigenvalue weighted by molar-refractivity contribution is 5.75. The van der Waals surface area contributed by atoms with Crippen LogP contribution in [-0.2, 0) is 17.9 Å². The highest BCUT2D eigenvalue weighted by Gasteiger charge is 2.12. The molecule has 0 atom stereocenters. The van der Waals surface area contributed by atoms with E-state index in [4.69, 9.17) is 10.00 Å². The number of likely N-dealkylation sites (N-methyl/N-ethyl adjacent to an activating group) is 1. The molecule has 1 aromatic carbocycles. The third kappa shape index (κ3) is 3.58. The third-order valence-corrected chi connectivity index (χ3v) is 3.00. The van der Waals surface area contributed by atoms with Gasteiger partial charge in [0.15, 0.2) is 11.6 Å². The molecular weight excluding hydrogens is 289 g/mol. The van der Waals surface area contributed by atoms with Gasteiger partial charge in [0, 0.05) is 13.6 Å². The van der Waals surface area contributed by atoms with Crippen LogP contribution in [0.5, 0.6) is 5.75 Å². The SMILES string of the molecule is COc1ccc(CN(C)C(=O)Cn2cnc(C#N)n2)cc1F. The van der Waals surface area contributed by atoms with Gasteiger partial charge in [-0.1, -0.05) is 6.07 Å². The van der Waals surface area contributed by atoms with Gasteiger partial charge < -0.3 is 9.64 Å². The largest absolute Gasteiger partial charge is 0.494 e. The molecule has 7 nitrogen and oxygen atoms in total. The summed E-state index contributed by atoms with van der Waals surface area (Å²) in [7, 11) is 2.99. The van der Waals surface area contributed by atoms with Crippen LogP contribution in [0.3, 0.4) is 0 Å². The van der Waals surface area contributed by atoms with E-state index >= 15 is 0 Å². The van der Waals surface area contributed by atoms with Crippen LogP contribution >= 0.6 is 0 Å². The number of ether oxygens (including phenoxy) is 1. The Morgan fingerprint density at radius 2 is 2.32 bits per heavy atom. The molecule has 0 saturated heterocycles. The summed E-state index contributed by atoms with van der Waals surface area (Å²) in [6.07, 6.45) is 1.32. The average Bonchev–Trinajstić information content (AvgIpc) is 2.95. The number of nitrogens with zero attached hydrogens (tertiary/aromatic N) is 5. The number of hydrogen-bond donors (Lipinski definition) is 0. The molecule has 0 radical (unpaired) electrons. The first kappa shape index (κ1) is 15.4. The molecular formula is C14H14FN5O2. The van der Waals surface area contributed by atoms with Gasteiger partial charge in [0.1, 0.15) is 18.9 Å². The van der Waals surface area contributed by atoms with Crippen molar-refractivity contribution < 1.29 is 13.9 Å². The summed E-state index contributed by atoms with van der Waals surface area (Å²) in [5, 5.41) is 12.4. The number of nitriles is 1. The topological polar surface area (TPSA) is 84.0 Å². The standard InChI is InChI=1S/C14H14FN5O2/c1-19(7-10-3-4-12(22-2)11(15)5-10)14(21)8-20-9-17-13(6-16)18-20/h3-5,9H,7-8H2,1-2H3. The van der Waals surface area contributed by atoms with Gasteiger partial charge in [-0.25, -0.2) is 14.1 Å². The smallest absolute Gasteiger partial charge is 0.252 e. The number of aromatic nitrogens is 3. The van der Waals surface area contributed by atoms with Crippen molar-refractivity contribution in [3.63, 3.8) is 0 Å². The maximum Gasteiger partial charge on any atom is 0.252 e. The molecule has 1 aromatic heterocycles. The molecule has 1 heterocycles. The molecule has 0 spiro atoms. The minimum Gasteiger partial charge on any atom is -0.494 e. The number of carbonyl (C=O) groups is 1. The molecule has 0 aliphatic heterocycles. The number of benzene rings is 1. The van der Waals surface area contributed by atoms with E-state index in [0.717, 1.165) is 0 Å². The van der Waals surface area contributed by atoms with E-state index in [0.29, 0.717) is 5.56 Å². The zero-order chi connectivity index (χ0) is 16.1. The predicted octanol–water partition coefficient (Wildman–Crippen LogP) is 0.956. The first-order valence-electron chi connectivity index (χ1n) is 6.39. The zero-order valence-electron chi connectivity index (χ0n) is 12.2. The van der Waals surface area contributed by atoms with Crippen molar-refractivity contribution in [3.8, 4) is 11.8 Å². The first-order chi connectivity index (χ1) is 10.5. The lowest BCUT2D eigenvalue weighted by molar-refractivity contribution is -0.131. The summed E-state index contributed by atoms with van der Waals surface area (Å²) < 4.78 is 19.7. The maximum absolute atomic E-state index is 13.6. The Kier molecular flexibility index (Phi) is 4.68. The predicted molar refractivity (Wildman–Crippen MR) is 74.2 cm³/mol. The molecule has 22 heavy (non-hydrogen) atoms. The van der Waals surface area contributed by atoms with Crippen molar-refractivity contribution in [2.75, 3.05) is 14.2 Å². The minimum absolute atomic E-state index is 0.00711. The molecule has 1 amide bonds. The average molecular weight is 303 g/mol. The lowest BCUT2D eigenvalue weighted by atomic mass is 10.2. The van der Waals surface area contributed by atoms with Crippen molar-refractivity contribution in [2.24, 2.45) is 0 Å². The summed E-state index contributed by atoms with van der Waals surface area (Å²) in [5.41, 5.74) is 0.644. The van der Waals surface area contributed by atoms with E-state index in [1.807, 2.05) is 0 Å². The van der Waals surface area contributed by atoms with Gasteiger partial charge in [0.25, 0.3) is 5.82 Å². The normalized spacial score (nSPS) is 10.1. The van der Waals surface area contributed by atoms with Crippen molar-refractivity contribution in [2.45, 2.75) is 13.1 Å². The summed E-state index contributed by atoms with van der Waals surface area (Å²) in [6, 6.07) is 6.31. The van der Waals surface area contributed by atoms with Gasteiger partial charge in [-0.3, -0.25) is 4.79 Å². The number of hydrogen-bond acceptors (Lipinski definition) is 5. The van der Waals surface area contributed by atoms with Crippen LogP contribution in [0.15, 0.2) is 24.5 Å². The molecule has 0 N–H and O–H groups in total. The van der Waals surface area contributed by atoms with E-state index in [1.54, 1.807) is 19.2 Å². The number of halogens is 1. The fraction of sp³-hybridized carbons (Fsp3) is 0.286. The summed E-state index contributed by atoms with van der Waals surface area (Å²) in [6.45, 7) is 0.212. The first-order valence-corrected chi connectivity index (χ1v) is 6.39. The summed E-state index contributed by atoms with van der Waals surface area (Å²) >= 11 is 0. The number of methoxy groups -OCH3 is 1. The Hall–Kier alpha value is -2.95. The molecule has 0 saturated carbocycles. The van der Waals surface area contributed by atoms with Gasteiger partial charge in [-0.2, -0.15) is 5.26 Å². The van der Waals surface area contributed by atoms with Crippen LogP contribution in [0.25, 0.3) is 0 Å². The molecule has 8 heteroatoms. The van der Waals surface area contributed by atoms with Crippen molar-refractivity contribution in [3.05, 3.63) is 41.7 Å². The fourth-order valence-corrected chi connectivity index (χ4v) is 1.85. The Balaban J connectivity index is 1.99. The molecule has 0 aliphatic rings. The molecule has 0 fully saturated rings. The van der Waals surface area contributed by atoms with Crippen LogP contribution in [0.1, 0.15) is 11.4 Å². The minimum atomic E-state index is -0.476. The Morgan fingerprint density at radius 1 is 1.55 bits per heavy atom. The van der Waals surface area contributed by atoms with Crippen molar-refractivity contribution in [1.82, 2.24) is 19.7 Å². The van der Waals surface area contributed by atoms with Gasteiger partial charge in [-0.15, -0.1) is 5.10 Å². The lowest BCUT2D eigenvalue weighted by Gasteiger charge is -2.17. The number of amides is 1. The third-order valence-electron chi connectivity index (χ3n) is 3.00. The molecule has 0 aliphatic carbocycles. The Bertz CT molecular complexity index is 722. The molecule has 0 unspecified atom stereocenters. The lowest BCUT2D eigenvalue weighted by Crippen LogP contribution is -2.30. The van der Waals surface area contributed by atoms with E-state index in [-0.39, 0.29) is 30.6 Å². The van der Waals surface area contributed by atoms with E-state index < -0.39 is 5.82 Å². The van der Waals surface area contributed by atoms with Crippen molar-refractivity contribution in [1.29, 1.82) is 5.26 Å². The quantitative estimate of drug-likeness (QED) is 0.821. The highest BCUT2D eigenvalue weighted by Crippen LogP contribution is 2.18. The van der Waals surface area contributed by atoms with Gasteiger partial charge in [0.05, 0.1) is 7.11 Å². The van der Waals surface area contributed by atoms with Gasteiger partial charge >= 0.3 is 0 Å². The van der Waals surface area contributed by atoms with Gasteiger partial charge in [0.2, 0.25) is 5.91 Å². The Morgan fingerprint density at radius 3 is 2.91 bits per heavy atom. The van der Waals surface area contributed by atoms with Crippen LogP contribution < -0.4 is 4.74 Å². The van der Waals surface area contributed by atoms with Crippen LogP contribution in [0, 0.1) is 17.1 Å². The second-order valence-corrected chi connectivity index (χ2v) is 4.60. The molecule has 2 aromatic rings. The summed E-state index contributed by atoms with van der Waals surface area (Å²) in [4.78, 5) is 17.2. The Labute approximate surface area is 126 Å². The van der Waals surface area contributed by atoms with E-state index in [1.165, 1.54) is 35.2 Å². The number of carbonyl (C=O) groups excluding carboxylic acids is 1. The molecule has 0 bridgehead atoms. The van der Waals surface area contributed by atoms with Crippen molar-refractivity contribution >= 4 is 5.91 Å². The van der Waals surface area contributed by atoms with Crippen LogP contribution in [0.4, 0.5) is 4.39 Å². The fourth-order valence-electron chi connectivity index (χ4n) is 1.85. The van der Waals surface area contributed by atoms with E-state index in [9.17, 15) is 9.18 Å². The van der Waals surface area contributed by atoms with Crippen LogP contribution in [0.2, 0.25) is 0 Å². The maximum atomic E-state index is 13.6.